The van der Waals surface area contributed by atoms with E-state index in [0.29, 0.717) is 18.9 Å². The van der Waals surface area contributed by atoms with Crippen LogP contribution in [-0.4, -0.2) is 36.9 Å². The van der Waals surface area contributed by atoms with Gasteiger partial charge in [-0.25, -0.2) is 4.79 Å². The van der Waals surface area contributed by atoms with Crippen LogP contribution in [0, 0.1) is 28.6 Å². The number of ether oxygens (including phenoxy) is 2. The third-order valence-electron chi connectivity index (χ3n) is 7.90. The zero-order chi connectivity index (χ0) is 19.1. The van der Waals surface area contributed by atoms with Crippen LogP contribution in [0.2, 0.25) is 0 Å². The van der Waals surface area contributed by atoms with Crippen LogP contribution in [0.15, 0.2) is 11.6 Å². The van der Waals surface area contributed by atoms with Gasteiger partial charge in [0, 0.05) is 11.5 Å². The summed E-state index contributed by atoms with van der Waals surface area (Å²) in [5.74, 6) is -0.0734. The molecule has 2 aliphatic carbocycles. The van der Waals surface area contributed by atoms with Crippen molar-refractivity contribution in [2.24, 2.45) is 28.6 Å². The molecule has 5 heteroatoms. The molecule has 3 aliphatic rings. The minimum Gasteiger partial charge on any atom is -0.469 e. The second-order valence-electron chi connectivity index (χ2n) is 8.99. The zero-order valence-electron chi connectivity index (χ0n) is 16.4. The number of aliphatic hydroxyl groups excluding tert-OH is 1. The van der Waals surface area contributed by atoms with Crippen LogP contribution in [0.3, 0.4) is 0 Å². The average Bonchev–Trinajstić information content (AvgIpc) is 3.03. The summed E-state index contributed by atoms with van der Waals surface area (Å²) in [5, 5.41) is 11.0. The van der Waals surface area contributed by atoms with E-state index in [4.69, 9.17) is 9.47 Å². The van der Waals surface area contributed by atoms with Crippen LogP contribution >= 0.6 is 0 Å². The number of methoxy groups -OCH3 is 1. The number of hydrogen-bond donors (Lipinski definition) is 1. The molecule has 3 rings (SSSR count). The molecule has 6 atom stereocenters. The number of fused-ring (bicyclic) bond motifs is 1. The van der Waals surface area contributed by atoms with Crippen molar-refractivity contribution in [3.63, 3.8) is 0 Å². The maximum Gasteiger partial charge on any atom is 0.331 e. The first kappa shape index (κ1) is 19.4. The molecule has 0 spiro atoms. The largest absolute Gasteiger partial charge is 0.469 e. The van der Waals surface area contributed by atoms with E-state index in [0.717, 1.165) is 37.7 Å². The minimum atomic E-state index is -0.490. The Hall–Kier alpha value is -1.36. The fourth-order valence-electron chi connectivity index (χ4n) is 6.02. The second kappa shape index (κ2) is 6.99. The lowest BCUT2D eigenvalue weighted by molar-refractivity contribution is -0.196. The average molecular weight is 364 g/mol. The monoisotopic (exact) mass is 364 g/mol. The van der Waals surface area contributed by atoms with E-state index in [9.17, 15) is 14.7 Å². The van der Waals surface area contributed by atoms with E-state index in [2.05, 4.69) is 20.8 Å². The van der Waals surface area contributed by atoms with Crippen molar-refractivity contribution in [2.45, 2.75) is 65.4 Å². The van der Waals surface area contributed by atoms with Gasteiger partial charge >= 0.3 is 11.9 Å². The maximum atomic E-state index is 12.5. The summed E-state index contributed by atoms with van der Waals surface area (Å²) in [5.41, 5.74) is 0.604. The molecule has 1 aliphatic heterocycles. The van der Waals surface area contributed by atoms with E-state index < -0.39 is 11.5 Å². The highest BCUT2D eigenvalue weighted by atomic mass is 16.5. The molecule has 146 valence electrons. The van der Waals surface area contributed by atoms with Gasteiger partial charge in [0.1, 0.15) is 6.61 Å². The fraction of sp³-hybridized carbons (Fsp3) is 0.810. The van der Waals surface area contributed by atoms with Crippen LogP contribution in [0.4, 0.5) is 0 Å². The van der Waals surface area contributed by atoms with Crippen LogP contribution in [0.1, 0.15) is 59.3 Å². The van der Waals surface area contributed by atoms with Crippen LogP contribution in [0.5, 0.6) is 0 Å². The highest BCUT2D eigenvalue weighted by Crippen LogP contribution is 2.63. The maximum absolute atomic E-state index is 12.5. The van der Waals surface area contributed by atoms with Gasteiger partial charge in [0.15, 0.2) is 0 Å². The van der Waals surface area contributed by atoms with E-state index in [1.807, 2.05) is 0 Å². The molecule has 0 bridgehead atoms. The Morgan fingerprint density at radius 1 is 1.38 bits per heavy atom. The van der Waals surface area contributed by atoms with E-state index >= 15 is 0 Å². The standard InChI is InChI=1S/C21H32O5/c1-13-10-17(22)21(3)15(19(24)25-4)6-5-7-16(21)20(13,2)9-8-14-11-18(23)26-12-14/h11,13,15-17,22H,5-10,12H2,1-4H3. The summed E-state index contributed by atoms with van der Waals surface area (Å²) in [7, 11) is 1.44. The molecule has 2 saturated carbocycles. The highest BCUT2D eigenvalue weighted by molar-refractivity contribution is 5.85. The molecule has 6 unspecified atom stereocenters. The molecular weight excluding hydrogens is 332 g/mol. The summed E-state index contributed by atoms with van der Waals surface area (Å²) in [6.07, 6.45) is 6.39. The normalized spacial score (nSPS) is 42.7. The first-order chi connectivity index (χ1) is 12.2. The Morgan fingerprint density at radius 2 is 2.12 bits per heavy atom. The van der Waals surface area contributed by atoms with E-state index in [1.54, 1.807) is 6.08 Å². The Balaban J connectivity index is 1.88. The molecule has 0 aromatic rings. The van der Waals surface area contributed by atoms with Crippen molar-refractivity contribution in [3.8, 4) is 0 Å². The molecule has 5 nitrogen and oxygen atoms in total. The van der Waals surface area contributed by atoms with Gasteiger partial charge in [-0.15, -0.1) is 0 Å². The number of carbonyl (C=O) groups excluding carboxylic acids is 2. The van der Waals surface area contributed by atoms with Gasteiger partial charge in [0.25, 0.3) is 0 Å². The van der Waals surface area contributed by atoms with E-state index in [1.165, 1.54) is 7.11 Å². The molecule has 0 radical (unpaired) electrons. The number of cyclic esters (lactones) is 1. The molecule has 0 amide bonds. The summed E-state index contributed by atoms with van der Waals surface area (Å²) < 4.78 is 10.1. The molecule has 0 aromatic carbocycles. The third kappa shape index (κ3) is 2.98. The smallest absolute Gasteiger partial charge is 0.331 e. The Bertz CT molecular complexity index is 612. The van der Waals surface area contributed by atoms with Gasteiger partial charge in [-0.05, 0) is 54.9 Å². The molecule has 1 heterocycles. The lowest BCUT2D eigenvalue weighted by Gasteiger charge is -2.61. The van der Waals surface area contributed by atoms with Gasteiger partial charge in [0.05, 0.1) is 19.1 Å². The summed E-state index contributed by atoms with van der Waals surface area (Å²) in [6.45, 7) is 7.02. The number of esters is 2. The second-order valence-corrected chi connectivity index (χ2v) is 8.99. The van der Waals surface area contributed by atoms with Gasteiger partial charge in [-0.3, -0.25) is 4.79 Å². The fourth-order valence-corrected chi connectivity index (χ4v) is 6.02. The van der Waals surface area contributed by atoms with Crippen LogP contribution in [-0.2, 0) is 19.1 Å². The molecule has 0 saturated heterocycles. The van der Waals surface area contributed by atoms with Gasteiger partial charge < -0.3 is 14.6 Å². The quantitative estimate of drug-likeness (QED) is 0.775. The van der Waals surface area contributed by atoms with Crippen molar-refractivity contribution in [3.05, 3.63) is 11.6 Å². The number of rotatable bonds is 4. The predicted molar refractivity (Wildman–Crippen MR) is 97.1 cm³/mol. The van der Waals surface area contributed by atoms with E-state index in [-0.39, 0.29) is 29.2 Å². The van der Waals surface area contributed by atoms with Crippen molar-refractivity contribution in [2.75, 3.05) is 13.7 Å². The van der Waals surface area contributed by atoms with Gasteiger partial charge in [-0.2, -0.15) is 0 Å². The minimum absolute atomic E-state index is 0.00709. The molecule has 2 fully saturated rings. The molecular formula is C21H32O5. The number of hydrogen-bond acceptors (Lipinski definition) is 5. The first-order valence-corrected chi connectivity index (χ1v) is 9.85. The Labute approximate surface area is 156 Å². The lowest BCUT2D eigenvalue weighted by Crippen LogP contribution is -2.61. The van der Waals surface area contributed by atoms with Crippen molar-refractivity contribution >= 4 is 11.9 Å². The molecule has 1 N–H and O–H groups in total. The summed E-state index contributed by atoms with van der Waals surface area (Å²) in [4.78, 5) is 23.8. The first-order valence-electron chi connectivity index (χ1n) is 9.85. The number of aliphatic hydroxyl groups is 1. The van der Waals surface area contributed by atoms with Crippen LogP contribution in [0.25, 0.3) is 0 Å². The van der Waals surface area contributed by atoms with Crippen molar-refractivity contribution < 1.29 is 24.2 Å². The van der Waals surface area contributed by atoms with Crippen molar-refractivity contribution in [1.29, 1.82) is 0 Å². The zero-order valence-corrected chi connectivity index (χ0v) is 16.4. The molecule has 0 aromatic heterocycles. The SMILES string of the molecule is COC(=O)C1CCCC2C(C)(CCC3=CC(=O)OC3)C(C)CC(O)C12C. The van der Waals surface area contributed by atoms with Gasteiger partial charge in [0.2, 0.25) is 0 Å². The summed E-state index contributed by atoms with van der Waals surface area (Å²) >= 11 is 0. The lowest BCUT2D eigenvalue weighted by atomic mass is 9.43. The number of carbonyl (C=O) groups is 2. The topological polar surface area (TPSA) is 72.8 Å². The summed E-state index contributed by atoms with van der Waals surface area (Å²) in [6, 6.07) is 0. The van der Waals surface area contributed by atoms with Crippen LogP contribution < -0.4 is 0 Å². The predicted octanol–water partition coefficient (Wildman–Crippen LogP) is 3.25. The van der Waals surface area contributed by atoms with Crippen molar-refractivity contribution in [1.82, 2.24) is 0 Å². The highest BCUT2D eigenvalue weighted by Gasteiger charge is 2.61. The van der Waals surface area contributed by atoms with Gasteiger partial charge in [-0.1, -0.05) is 27.2 Å². The Kier molecular flexibility index (Phi) is 5.22. The molecule has 26 heavy (non-hydrogen) atoms. The third-order valence-corrected chi connectivity index (χ3v) is 7.90. The Morgan fingerprint density at radius 3 is 2.73 bits per heavy atom.